The number of piperidine rings is 1. The van der Waals surface area contributed by atoms with Gasteiger partial charge in [0.05, 0.1) is 36.6 Å². The summed E-state index contributed by atoms with van der Waals surface area (Å²) in [6, 6.07) is 9.46. The number of halogens is 1. The van der Waals surface area contributed by atoms with Crippen LogP contribution in [0.1, 0.15) is 86.5 Å². The summed E-state index contributed by atoms with van der Waals surface area (Å²) in [6.07, 6.45) is 10.5. The molecule has 2 fully saturated rings. The molecule has 2 unspecified atom stereocenters. The summed E-state index contributed by atoms with van der Waals surface area (Å²) >= 11 is 6.67. The molecule has 1 saturated carbocycles. The third kappa shape index (κ3) is 6.62. The molecule has 1 saturated heterocycles. The number of nitrogens with one attached hydrogen (secondary N) is 1. The normalized spacial score (nSPS) is 19.2. The zero-order valence-electron chi connectivity index (χ0n) is 25.8. The van der Waals surface area contributed by atoms with Crippen molar-refractivity contribution in [2.45, 2.75) is 64.0 Å². The molecule has 6 rings (SSSR count). The standard InChI is InChI=1S/C34H40ClN5O4/c1-34(2,3)44-33(42)40-14-11-22(12-15-40)29-25-10-9-24(35)17-26(25)27(16-23-6-5-13-37-30(23)29)31(28-18-36-20-39(28)4)38-32(41)43-19-21-7-8-21/h5-6,9-10,13,16-18,20-22,29,31H,7-8,11-12,14-15,19H2,1-4H3,(H,38,41). The molecule has 10 heteroatoms. The third-order valence-electron chi connectivity index (χ3n) is 8.67. The van der Waals surface area contributed by atoms with Crippen LogP contribution in [0.4, 0.5) is 9.59 Å². The fourth-order valence-electron chi connectivity index (χ4n) is 6.31. The Balaban J connectivity index is 1.38. The molecule has 44 heavy (non-hydrogen) atoms. The van der Waals surface area contributed by atoms with E-state index in [-0.39, 0.29) is 17.9 Å². The van der Waals surface area contributed by atoms with E-state index in [1.165, 1.54) is 0 Å². The maximum Gasteiger partial charge on any atom is 0.410 e. The maximum atomic E-state index is 13.2. The summed E-state index contributed by atoms with van der Waals surface area (Å²) in [5, 5.41) is 3.76. The van der Waals surface area contributed by atoms with Crippen LogP contribution >= 0.6 is 11.6 Å². The van der Waals surface area contributed by atoms with Gasteiger partial charge in [0.1, 0.15) is 5.60 Å². The Hall–Kier alpha value is -3.85. The minimum Gasteiger partial charge on any atom is -0.449 e. The van der Waals surface area contributed by atoms with Crippen LogP contribution in [0.25, 0.3) is 11.6 Å². The van der Waals surface area contributed by atoms with E-state index < -0.39 is 17.7 Å². The van der Waals surface area contributed by atoms with Gasteiger partial charge in [-0.1, -0.05) is 23.7 Å². The summed E-state index contributed by atoms with van der Waals surface area (Å²) in [6.45, 7) is 7.29. The first-order valence-electron chi connectivity index (χ1n) is 15.4. The molecule has 2 aliphatic carbocycles. The molecule has 1 aromatic carbocycles. The molecule has 9 nitrogen and oxygen atoms in total. The van der Waals surface area contributed by atoms with Gasteiger partial charge in [0.2, 0.25) is 0 Å². The zero-order valence-corrected chi connectivity index (χ0v) is 26.5. The number of amides is 2. The van der Waals surface area contributed by atoms with E-state index in [2.05, 4.69) is 28.5 Å². The molecule has 0 spiro atoms. The number of rotatable bonds is 6. The van der Waals surface area contributed by atoms with Crippen LogP contribution in [0.3, 0.4) is 0 Å². The van der Waals surface area contributed by atoms with E-state index in [0.29, 0.717) is 30.6 Å². The van der Waals surface area contributed by atoms with E-state index in [1.807, 2.05) is 56.8 Å². The van der Waals surface area contributed by atoms with E-state index in [9.17, 15) is 9.59 Å². The lowest BCUT2D eigenvalue weighted by Crippen LogP contribution is -2.42. The van der Waals surface area contributed by atoms with Gasteiger partial charge in [0.25, 0.3) is 0 Å². The van der Waals surface area contributed by atoms with Gasteiger partial charge in [0, 0.05) is 37.3 Å². The number of likely N-dealkylation sites (tertiary alicyclic amines) is 1. The van der Waals surface area contributed by atoms with Crippen LogP contribution < -0.4 is 5.32 Å². The first-order chi connectivity index (χ1) is 21.1. The first kappa shape index (κ1) is 30.2. The fourth-order valence-corrected chi connectivity index (χ4v) is 6.48. The molecule has 3 aromatic rings. The molecule has 3 aliphatic rings. The van der Waals surface area contributed by atoms with Crippen molar-refractivity contribution >= 4 is 35.4 Å². The molecule has 2 amide bonds. The van der Waals surface area contributed by atoms with E-state index >= 15 is 0 Å². The van der Waals surface area contributed by atoms with Crippen LogP contribution in [-0.2, 0) is 16.5 Å². The predicted molar refractivity (Wildman–Crippen MR) is 169 cm³/mol. The quantitative estimate of drug-likeness (QED) is 0.320. The average Bonchev–Trinajstić information content (AvgIpc) is 3.74. The van der Waals surface area contributed by atoms with Gasteiger partial charge in [0.15, 0.2) is 0 Å². The van der Waals surface area contributed by atoms with Crippen LogP contribution in [0, 0.1) is 11.8 Å². The number of hydrogen-bond donors (Lipinski definition) is 1. The Bertz CT molecular complexity index is 1570. The molecular weight excluding hydrogens is 578 g/mol. The van der Waals surface area contributed by atoms with Crippen LogP contribution in [0.2, 0.25) is 5.02 Å². The van der Waals surface area contributed by atoms with Gasteiger partial charge in [-0.15, -0.1) is 0 Å². The van der Waals surface area contributed by atoms with Crippen molar-refractivity contribution in [1.29, 1.82) is 0 Å². The Kier molecular flexibility index (Phi) is 8.42. The summed E-state index contributed by atoms with van der Waals surface area (Å²) in [4.78, 5) is 37.1. The number of nitrogens with zero attached hydrogens (tertiary/aromatic N) is 4. The molecule has 1 N–H and O–H groups in total. The van der Waals surface area contributed by atoms with E-state index in [0.717, 1.165) is 59.3 Å². The molecule has 1 aliphatic heterocycles. The monoisotopic (exact) mass is 617 g/mol. The van der Waals surface area contributed by atoms with Crippen LogP contribution in [-0.4, -0.2) is 56.9 Å². The largest absolute Gasteiger partial charge is 0.449 e. The summed E-state index contributed by atoms with van der Waals surface area (Å²) in [5.41, 5.74) is 5.16. The van der Waals surface area contributed by atoms with Crippen molar-refractivity contribution in [2.24, 2.45) is 18.9 Å². The molecule has 232 valence electrons. The Morgan fingerprint density at radius 2 is 1.91 bits per heavy atom. The van der Waals surface area contributed by atoms with Crippen LogP contribution in [0.15, 0.2) is 49.1 Å². The lowest BCUT2D eigenvalue weighted by molar-refractivity contribution is 0.0178. The lowest BCUT2D eigenvalue weighted by atomic mass is 9.75. The van der Waals surface area contributed by atoms with Crippen molar-refractivity contribution < 1.29 is 19.1 Å². The van der Waals surface area contributed by atoms with Crippen molar-refractivity contribution in [1.82, 2.24) is 24.8 Å². The molecule has 0 radical (unpaired) electrons. The molecule has 0 bridgehead atoms. The number of carbonyl (C=O) groups excluding carboxylic acids is 2. The van der Waals surface area contributed by atoms with Gasteiger partial charge in [-0.05, 0) is 105 Å². The number of fused-ring (bicyclic) bond motifs is 2. The topological polar surface area (TPSA) is 98.6 Å². The van der Waals surface area contributed by atoms with Crippen molar-refractivity contribution in [3.8, 4) is 0 Å². The fraction of sp³-hybridized carbons (Fsp3) is 0.471. The van der Waals surface area contributed by atoms with Crippen molar-refractivity contribution in [3.63, 3.8) is 0 Å². The molecule has 2 atom stereocenters. The number of benzene rings is 1. The summed E-state index contributed by atoms with van der Waals surface area (Å²) < 4.78 is 13.2. The average molecular weight is 618 g/mol. The second kappa shape index (κ2) is 12.3. The highest BCUT2D eigenvalue weighted by molar-refractivity contribution is 6.30. The number of carbonyl (C=O) groups is 2. The number of pyridine rings is 1. The number of aromatic nitrogens is 3. The SMILES string of the molecule is Cn1cncc1C(NC(=O)OCC1CC1)C1=Cc2cccnc2C(C2CCN(C(=O)OC(C)(C)C)CC2)c2ccc(Cl)cc21. The van der Waals surface area contributed by atoms with E-state index in [1.54, 1.807) is 17.4 Å². The van der Waals surface area contributed by atoms with Crippen molar-refractivity contribution in [3.05, 3.63) is 82.2 Å². The number of imidazole rings is 1. The predicted octanol–water partition coefficient (Wildman–Crippen LogP) is 6.98. The molecule has 3 heterocycles. The highest BCUT2D eigenvalue weighted by Gasteiger charge is 2.38. The zero-order chi connectivity index (χ0) is 31.0. The van der Waals surface area contributed by atoms with E-state index in [4.69, 9.17) is 26.1 Å². The number of aryl methyl sites for hydroxylation is 1. The molecule has 2 aromatic heterocycles. The third-order valence-corrected chi connectivity index (χ3v) is 8.91. The minimum atomic E-state index is -0.549. The van der Waals surface area contributed by atoms with Crippen molar-refractivity contribution in [2.75, 3.05) is 19.7 Å². The second-order valence-corrected chi connectivity index (χ2v) is 13.6. The number of hydrogen-bond acceptors (Lipinski definition) is 6. The number of ether oxygens (including phenoxy) is 2. The van der Waals surface area contributed by atoms with Crippen LogP contribution in [0.5, 0.6) is 0 Å². The Morgan fingerprint density at radius 3 is 2.59 bits per heavy atom. The Labute approximate surface area is 263 Å². The highest BCUT2D eigenvalue weighted by atomic mass is 35.5. The van der Waals surface area contributed by atoms with Gasteiger partial charge in [-0.25, -0.2) is 14.6 Å². The lowest BCUT2D eigenvalue weighted by Gasteiger charge is -2.37. The summed E-state index contributed by atoms with van der Waals surface area (Å²) in [7, 11) is 1.92. The highest BCUT2D eigenvalue weighted by Crippen LogP contribution is 2.47. The minimum absolute atomic E-state index is 0.0398. The van der Waals surface area contributed by atoms with Gasteiger partial charge < -0.3 is 24.3 Å². The summed E-state index contributed by atoms with van der Waals surface area (Å²) in [5.74, 6) is 0.636. The Morgan fingerprint density at radius 1 is 1.14 bits per heavy atom. The molecular formula is C34H40ClN5O4. The van der Waals surface area contributed by atoms with Gasteiger partial charge in [-0.3, -0.25) is 4.98 Å². The second-order valence-electron chi connectivity index (χ2n) is 13.1. The maximum absolute atomic E-state index is 13.2. The number of alkyl carbamates (subject to hydrolysis) is 1. The first-order valence-corrected chi connectivity index (χ1v) is 15.8. The smallest absolute Gasteiger partial charge is 0.410 e. The van der Waals surface area contributed by atoms with Gasteiger partial charge >= 0.3 is 12.2 Å². The van der Waals surface area contributed by atoms with Gasteiger partial charge in [-0.2, -0.15) is 0 Å².